The summed E-state index contributed by atoms with van der Waals surface area (Å²) in [4.78, 5) is 12.2. The summed E-state index contributed by atoms with van der Waals surface area (Å²) in [5.74, 6) is 0.534. The van der Waals surface area contributed by atoms with Crippen LogP contribution in [0, 0.1) is 0 Å². The second-order valence-electron chi connectivity index (χ2n) is 5.15. The number of carbonyl (C=O) groups excluding carboxylic acids is 1. The molecule has 0 atom stereocenters. The second kappa shape index (κ2) is 7.48. The molecule has 0 bridgehead atoms. The molecular formula is C18H21NO2. The summed E-state index contributed by atoms with van der Waals surface area (Å²) in [5.41, 5.74) is 1.80. The van der Waals surface area contributed by atoms with Crippen LogP contribution in [0.2, 0.25) is 0 Å². The molecule has 2 rings (SSSR count). The first-order valence-electron chi connectivity index (χ1n) is 7.24. The molecule has 0 aliphatic rings. The van der Waals surface area contributed by atoms with Crippen molar-refractivity contribution in [3.8, 4) is 5.75 Å². The van der Waals surface area contributed by atoms with Gasteiger partial charge >= 0.3 is 0 Å². The van der Waals surface area contributed by atoms with Crippen LogP contribution in [-0.4, -0.2) is 18.6 Å². The van der Waals surface area contributed by atoms with Crippen LogP contribution in [0.3, 0.4) is 0 Å². The Morgan fingerprint density at radius 2 is 1.71 bits per heavy atom. The first-order chi connectivity index (χ1) is 10.2. The van der Waals surface area contributed by atoms with Gasteiger partial charge in [-0.25, -0.2) is 0 Å². The number of nitrogens with one attached hydrogen (secondary N) is 1. The minimum Gasteiger partial charge on any atom is -0.490 e. The van der Waals surface area contributed by atoms with Gasteiger partial charge in [-0.05, 0) is 38.0 Å². The van der Waals surface area contributed by atoms with E-state index < -0.39 is 0 Å². The molecule has 21 heavy (non-hydrogen) atoms. The third-order valence-corrected chi connectivity index (χ3v) is 3.04. The molecule has 0 unspecified atom stereocenters. The number of ether oxygens (including phenoxy) is 1. The third-order valence-electron chi connectivity index (χ3n) is 3.04. The van der Waals surface area contributed by atoms with Crippen LogP contribution in [0.1, 0.15) is 29.8 Å². The van der Waals surface area contributed by atoms with Crippen LogP contribution < -0.4 is 10.1 Å². The maximum absolute atomic E-state index is 12.2. The van der Waals surface area contributed by atoms with E-state index in [4.69, 9.17) is 4.74 Å². The fourth-order valence-corrected chi connectivity index (χ4v) is 2.07. The van der Waals surface area contributed by atoms with Gasteiger partial charge in [0.1, 0.15) is 5.75 Å². The zero-order chi connectivity index (χ0) is 15.1. The molecule has 110 valence electrons. The van der Waals surface area contributed by atoms with E-state index >= 15 is 0 Å². The molecule has 0 spiro atoms. The molecule has 0 aliphatic carbocycles. The summed E-state index contributed by atoms with van der Waals surface area (Å²) >= 11 is 0. The molecule has 2 aromatic carbocycles. The Kier molecular flexibility index (Phi) is 5.38. The highest BCUT2D eigenvalue weighted by molar-refractivity contribution is 5.96. The van der Waals surface area contributed by atoms with Gasteiger partial charge < -0.3 is 10.1 Å². The standard InChI is InChI=1S/C18H21NO2/c1-14(2)21-17-11-7-6-10-16(17)18(20)19-13-12-15-8-4-3-5-9-15/h3-11,14H,12-13H2,1-2H3,(H,19,20). The quantitative estimate of drug-likeness (QED) is 0.882. The Morgan fingerprint density at radius 3 is 2.43 bits per heavy atom. The predicted molar refractivity (Wildman–Crippen MR) is 84.7 cm³/mol. The minimum absolute atomic E-state index is 0.0447. The summed E-state index contributed by atoms with van der Waals surface area (Å²) in [5, 5.41) is 2.94. The van der Waals surface area contributed by atoms with Crippen molar-refractivity contribution in [2.45, 2.75) is 26.4 Å². The van der Waals surface area contributed by atoms with Gasteiger partial charge in [-0.15, -0.1) is 0 Å². The van der Waals surface area contributed by atoms with Gasteiger partial charge in [-0.3, -0.25) is 4.79 Å². The van der Waals surface area contributed by atoms with Crippen molar-refractivity contribution < 1.29 is 9.53 Å². The van der Waals surface area contributed by atoms with Gasteiger partial charge in [0.05, 0.1) is 11.7 Å². The Morgan fingerprint density at radius 1 is 1.05 bits per heavy atom. The molecule has 0 saturated carbocycles. The molecule has 3 nitrogen and oxygen atoms in total. The van der Waals surface area contributed by atoms with Crippen molar-refractivity contribution in [2.24, 2.45) is 0 Å². The molecule has 0 radical (unpaired) electrons. The Hall–Kier alpha value is -2.29. The maximum atomic E-state index is 12.2. The molecule has 0 aromatic heterocycles. The lowest BCUT2D eigenvalue weighted by Gasteiger charge is -2.14. The lowest BCUT2D eigenvalue weighted by atomic mass is 10.1. The molecule has 1 N–H and O–H groups in total. The average molecular weight is 283 g/mol. The van der Waals surface area contributed by atoms with Gasteiger partial charge in [0, 0.05) is 6.54 Å². The molecule has 3 heteroatoms. The molecule has 0 heterocycles. The molecule has 0 fully saturated rings. The summed E-state index contributed by atoms with van der Waals surface area (Å²) < 4.78 is 5.67. The van der Waals surface area contributed by atoms with E-state index in [1.165, 1.54) is 5.56 Å². The molecule has 1 amide bonds. The molecule has 2 aromatic rings. The lowest BCUT2D eigenvalue weighted by molar-refractivity contribution is 0.0948. The number of amides is 1. The lowest BCUT2D eigenvalue weighted by Crippen LogP contribution is -2.26. The van der Waals surface area contributed by atoms with Gasteiger partial charge in [0.15, 0.2) is 0 Å². The largest absolute Gasteiger partial charge is 0.490 e. The zero-order valence-electron chi connectivity index (χ0n) is 12.5. The van der Waals surface area contributed by atoms with E-state index in [-0.39, 0.29) is 12.0 Å². The fourth-order valence-electron chi connectivity index (χ4n) is 2.07. The Labute approximate surface area is 126 Å². The van der Waals surface area contributed by atoms with E-state index in [1.807, 2.05) is 50.2 Å². The van der Waals surface area contributed by atoms with E-state index in [0.29, 0.717) is 17.9 Å². The van der Waals surface area contributed by atoms with Gasteiger partial charge in [0.2, 0.25) is 0 Å². The van der Waals surface area contributed by atoms with Crippen molar-refractivity contribution in [3.63, 3.8) is 0 Å². The van der Waals surface area contributed by atoms with Crippen LogP contribution in [0.4, 0.5) is 0 Å². The highest BCUT2D eigenvalue weighted by Crippen LogP contribution is 2.19. The minimum atomic E-state index is -0.0952. The van der Waals surface area contributed by atoms with Gasteiger partial charge in [-0.2, -0.15) is 0 Å². The number of hydrogen-bond acceptors (Lipinski definition) is 2. The van der Waals surface area contributed by atoms with E-state index in [9.17, 15) is 4.79 Å². The van der Waals surface area contributed by atoms with Crippen molar-refractivity contribution in [3.05, 3.63) is 65.7 Å². The average Bonchev–Trinajstić information content (AvgIpc) is 2.48. The monoisotopic (exact) mass is 283 g/mol. The topological polar surface area (TPSA) is 38.3 Å². The first-order valence-corrected chi connectivity index (χ1v) is 7.24. The number of benzene rings is 2. The molecule has 0 saturated heterocycles. The van der Waals surface area contributed by atoms with E-state index in [0.717, 1.165) is 6.42 Å². The summed E-state index contributed by atoms with van der Waals surface area (Å²) in [6.45, 7) is 4.51. The summed E-state index contributed by atoms with van der Waals surface area (Å²) in [6.07, 6.45) is 0.864. The van der Waals surface area contributed by atoms with Crippen molar-refractivity contribution in [1.82, 2.24) is 5.32 Å². The van der Waals surface area contributed by atoms with Crippen LogP contribution in [-0.2, 0) is 6.42 Å². The Balaban J connectivity index is 1.94. The SMILES string of the molecule is CC(C)Oc1ccccc1C(=O)NCCc1ccccc1. The van der Waals surface area contributed by atoms with Crippen molar-refractivity contribution in [1.29, 1.82) is 0 Å². The van der Waals surface area contributed by atoms with Crippen LogP contribution in [0.15, 0.2) is 54.6 Å². The third kappa shape index (κ3) is 4.63. The van der Waals surface area contributed by atoms with Crippen LogP contribution in [0.5, 0.6) is 5.75 Å². The molecular weight excluding hydrogens is 262 g/mol. The van der Waals surface area contributed by atoms with E-state index in [1.54, 1.807) is 6.07 Å². The maximum Gasteiger partial charge on any atom is 0.255 e. The zero-order valence-corrected chi connectivity index (χ0v) is 12.5. The van der Waals surface area contributed by atoms with Crippen LogP contribution >= 0.6 is 0 Å². The van der Waals surface area contributed by atoms with Crippen molar-refractivity contribution >= 4 is 5.91 Å². The Bertz CT molecular complexity index is 579. The predicted octanol–water partition coefficient (Wildman–Crippen LogP) is 3.45. The smallest absolute Gasteiger partial charge is 0.255 e. The number of carbonyl (C=O) groups is 1. The number of para-hydroxylation sites is 1. The van der Waals surface area contributed by atoms with Crippen molar-refractivity contribution in [2.75, 3.05) is 6.54 Å². The molecule has 0 aliphatic heterocycles. The number of rotatable bonds is 6. The highest BCUT2D eigenvalue weighted by Gasteiger charge is 2.12. The summed E-state index contributed by atoms with van der Waals surface area (Å²) in [7, 11) is 0. The normalized spacial score (nSPS) is 10.4. The highest BCUT2D eigenvalue weighted by atomic mass is 16.5. The summed E-state index contributed by atoms with van der Waals surface area (Å²) in [6, 6.07) is 17.4. The van der Waals surface area contributed by atoms with Crippen LogP contribution in [0.25, 0.3) is 0 Å². The van der Waals surface area contributed by atoms with E-state index in [2.05, 4.69) is 17.4 Å². The second-order valence-corrected chi connectivity index (χ2v) is 5.15. The van der Waals surface area contributed by atoms with Gasteiger partial charge in [0.25, 0.3) is 5.91 Å². The fraction of sp³-hybridized carbons (Fsp3) is 0.278. The number of hydrogen-bond donors (Lipinski definition) is 1. The first kappa shape index (κ1) is 15.1. The van der Waals surface area contributed by atoms with Gasteiger partial charge in [-0.1, -0.05) is 42.5 Å².